The summed E-state index contributed by atoms with van der Waals surface area (Å²) in [6.07, 6.45) is 0. The van der Waals surface area contributed by atoms with Crippen molar-refractivity contribution in [2.75, 3.05) is 21.1 Å². The Kier molecular flexibility index (Phi) is 2.67. The van der Waals surface area contributed by atoms with Gasteiger partial charge in [0.2, 0.25) is 0 Å². The highest BCUT2D eigenvalue weighted by molar-refractivity contribution is 5.45. The molecular weight excluding hydrogens is 188 g/mol. The predicted octanol–water partition coefficient (Wildman–Crippen LogP) is 1.80. The van der Waals surface area contributed by atoms with Crippen molar-refractivity contribution in [2.45, 2.75) is 20.0 Å². The molecule has 0 radical (unpaired) electrons. The monoisotopic (exact) mass is 206 g/mol. The van der Waals surface area contributed by atoms with E-state index in [2.05, 4.69) is 38.1 Å². The lowest BCUT2D eigenvalue weighted by Crippen LogP contribution is -2.15. The zero-order chi connectivity index (χ0) is 11.0. The van der Waals surface area contributed by atoms with Crippen molar-refractivity contribution in [3.05, 3.63) is 28.8 Å². The second kappa shape index (κ2) is 3.83. The minimum atomic E-state index is 0.886. The standard InChI is InChI=1S/C12H18N2O/c1-9-5-10(7-13(2)3)12-11(6-9)8-14(4)15-12/h5-6H,7-8H2,1-4H3. The second-order valence-electron chi connectivity index (χ2n) is 4.53. The third-order valence-corrected chi connectivity index (χ3v) is 2.51. The first kappa shape index (κ1) is 10.5. The summed E-state index contributed by atoms with van der Waals surface area (Å²) in [5, 5.41) is 1.88. The van der Waals surface area contributed by atoms with E-state index < -0.39 is 0 Å². The van der Waals surface area contributed by atoms with Crippen LogP contribution in [0.2, 0.25) is 0 Å². The topological polar surface area (TPSA) is 15.7 Å². The van der Waals surface area contributed by atoms with Crippen LogP contribution in [-0.2, 0) is 13.1 Å². The van der Waals surface area contributed by atoms with Crippen LogP contribution in [0.3, 0.4) is 0 Å². The number of nitrogens with zero attached hydrogens (tertiary/aromatic N) is 2. The van der Waals surface area contributed by atoms with E-state index in [1.54, 1.807) is 0 Å². The molecule has 0 atom stereocenters. The molecule has 3 heteroatoms. The second-order valence-corrected chi connectivity index (χ2v) is 4.53. The van der Waals surface area contributed by atoms with Crippen LogP contribution in [-0.4, -0.2) is 31.1 Å². The van der Waals surface area contributed by atoms with Gasteiger partial charge >= 0.3 is 0 Å². The number of fused-ring (bicyclic) bond motifs is 1. The van der Waals surface area contributed by atoms with Gasteiger partial charge in [0.1, 0.15) is 0 Å². The van der Waals surface area contributed by atoms with E-state index in [0.717, 1.165) is 18.8 Å². The zero-order valence-electron chi connectivity index (χ0n) is 9.87. The Morgan fingerprint density at radius 3 is 2.80 bits per heavy atom. The Labute approximate surface area is 91.2 Å². The highest BCUT2D eigenvalue weighted by Crippen LogP contribution is 2.32. The maximum atomic E-state index is 5.70. The van der Waals surface area contributed by atoms with Crippen molar-refractivity contribution < 1.29 is 4.84 Å². The highest BCUT2D eigenvalue weighted by Gasteiger charge is 2.21. The molecule has 1 aromatic carbocycles. The van der Waals surface area contributed by atoms with Gasteiger partial charge in [-0.1, -0.05) is 17.7 Å². The summed E-state index contributed by atoms with van der Waals surface area (Å²) in [6, 6.07) is 4.41. The summed E-state index contributed by atoms with van der Waals surface area (Å²) in [6.45, 7) is 3.95. The molecule has 0 N–H and O–H groups in total. The number of benzene rings is 1. The Hall–Kier alpha value is -1.06. The number of aryl methyl sites for hydroxylation is 1. The number of hydrogen-bond acceptors (Lipinski definition) is 3. The largest absolute Gasteiger partial charge is 0.405 e. The van der Waals surface area contributed by atoms with Crippen molar-refractivity contribution in [3.8, 4) is 5.75 Å². The van der Waals surface area contributed by atoms with E-state index in [1.165, 1.54) is 16.7 Å². The van der Waals surface area contributed by atoms with Crippen LogP contribution in [0.5, 0.6) is 5.75 Å². The molecule has 15 heavy (non-hydrogen) atoms. The summed E-state index contributed by atoms with van der Waals surface area (Å²) >= 11 is 0. The molecule has 0 aliphatic carbocycles. The van der Waals surface area contributed by atoms with Crippen LogP contribution in [0.4, 0.5) is 0 Å². The number of hydroxylamine groups is 2. The van der Waals surface area contributed by atoms with Crippen LogP contribution in [0, 0.1) is 6.92 Å². The van der Waals surface area contributed by atoms with Crippen LogP contribution < -0.4 is 4.84 Å². The summed E-state index contributed by atoms with van der Waals surface area (Å²) in [7, 11) is 6.12. The molecule has 0 saturated carbocycles. The van der Waals surface area contributed by atoms with Crippen molar-refractivity contribution in [1.29, 1.82) is 0 Å². The van der Waals surface area contributed by atoms with Gasteiger partial charge in [-0.2, -0.15) is 0 Å². The highest BCUT2D eigenvalue weighted by atomic mass is 16.7. The van der Waals surface area contributed by atoms with Gasteiger partial charge in [-0.25, -0.2) is 0 Å². The summed E-state index contributed by atoms with van der Waals surface area (Å²) < 4.78 is 0. The fourth-order valence-electron chi connectivity index (χ4n) is 2.05. The maximum Gasteiger partial charge on any atom is 0.156 e. The number of hydrogen-bond donors (Lipinski definition) is 0. The summed E-state index contributed by atoms with van der Waals surface area (Å²) in [4.78, 5) is 7.86. The Morgan fingerprint density at radius 1 is 1.40 bits per heavy atom. The number of rotatable bonds is 2. The van der Waals surface area contributed by atoms with Crippen molar-refractivity contribution in [1.82, 2.24) is 9.96 Å². The van der Waals surface area contributed by atoms with E-state index >= 15 is 0 Å². The van der Waals surface area contributed by atoms with Crippen LogP contribution in [0.1, 0.15) is 16.7 Å². The van der Waals surface area contributed by atoms with Crippen molar-refractivity contribution >= 4 is 0 Å². The fraction of sp³-hybridized carbons (Fsp3) is 0.500. The molecule has 0 spiro atoms. The summed E-state index contributed by atoms with van der Waals surface area (Å²) in [5.41, 5.74) is 3.89. The Morgan fingerprint density at radius 2 is 2.13 bits per heavy atom. The fourth-order valence-corrected chi connectivity index (χ4v) is 2.05. The van der Waals surface area contributed by atoms with Gasteiger partial charge < -0.3 is 9.74 Å². The average Bonchev–Trinajstić information content (AvgIpc) is 2.44. The molecule has 0 unspecified atom stereocenters. The van der Waals surface area contributed by atoms with Gasteiger partial charge in [0, 0.05) is 24.7 Å². The van der Waals surface area contributed by atoms with Gasteiger partial charge in [0.15, 0.2) is 5.75 Å². The normalized spacial score (nSPS) is 15.5. The van der Waals surface area contributed by atoms with E-state index in [9.17, 15) is 0 Å². The molecule has 0 amide bonds. The first-order chi connectivity index (χ1) is 7.06. The van der Waals surface area contributed by atoms with E-state index in [-0.39, 0.29) is 0 Å². The molecule has 82 valence electrons. The quantitative estimate of drug-likeness (QED) is 0.733. The van der Waals surface area contributed by atoms with Gasteiger partial charge in [-0.15, -0.1) is 5.06 Å². The lowest BCUT2D eigenvalue weighted by molar-refractivity contribution is -0.0148. The van der Waals surface area contributed by atoms with E-state index in [0.29, 0.717) is 0 Å². The van der Waals surface area contributed by atoms with Crippen LogP contribution in [0.25, 0.3) is 0 Å². The molecule has 2 rings (SSSR count). The van der Waals surface area contributed by atoms with Crippen molar-refractivity contribution in [3.63, 3.8) is 0 Å². The molecule has 1 aromatic rings. The molecule has 0 saturated heterocycles. The van der Waals surface area contributed by atoms with E-state index in [1.807, 2.05) is 12.1 Å². The molecular formula is C12H18N2O. The summed E-state index contributed by atoms with van der Waals surface area (Å²) in [5.74, 6) is 1.05. The molecule has 3 nitrogen and oxygen atoms in total. The SMILES string of the molecule is Cc1cc(CN(C)C)c2c(c1)CN(C)O2. The van der Waals surface area contributed by atoms with Crippen molar-refractivity contribution in [2.24, 2.45) is 0 Å². The maximum absolute atomic E-state index is 5.70. The predicted molar refractivity (Wildman–Crippen MR) is 60.7 cm³/mol. The smallest absolute Gasteiger partial charge is 0.156 e. The first-order valence-corrected chi connectivity index (χ1v) is 5.22. The van der Waals surface area contributed by atoms with Gasteiger partial charge in [-0.3, -0.25) is 0 Å². The Balaban J connectivity index is 2.38. The Bertz CT molecular complexity index is 374. The third-order valence-electron chi connectivity index (χ3n) is 2.51. The molecule has 1 heterocycles. The minimum absolute atomic E-state index is 0.886. The zero-order valence-corrected chi connectivity index (χ0v) is 9.87. The van der Waals surface area contributed by atoms with Gasteiger partial charge in [0.25, 0.3) is 0 Å². The lowest BCUT2D eigenvalue weighted by Gasteiger charge is -2.14. The average molecular weight is 206 g/mol. The molecule has 1 aliphatic rings. The van der Waals surface area contributed by atoms with E-state index in [4.69, 9.17) is 4.84 Å². The first-order valence-electron chi connectivity index (χ1n) is 5.22. The van der Waals surface area contributed by atoms with Gasteiger partial charge in [0.05, 0.1) is 6.54 Å². The van der Waals surface area contributed by atoms with Gasteiger partial charge in [-0.05, 0) is 21.0 Å². The molecule has 0 bridgehead atoms. The van der Waals surface area contributed by atoms with Crippen LogP contribution in [0.15, 0.2) is 12.1 Å². The van der Waals surface area contributed by atoms with Crippen LogP contribution >= 0.6 is 0 Å². The lowest BCUT2D eigenvalue weighted by atomic mass is 10.0. The molecule has 0 aromatic heterocycles. The minimum Gasteiger partial charge on any atom is -0.405 e. The molecule has 0 fully saturated rings. The molecule has 1 aliphatic heterocycles. The third kappa shape index (κ3) is 2.13.